The summed E-state index contributed by atoms with van der Waals surface area (Å²) in [6, 6.07) is 4.70. The van der Waals surface area contributed by atoms with E-state index in [0.717, 1.165) is 31.5 Å². The number of phenolic OH excluding ortho intramolecular Hbond substituents is 1. The van der Waals surface area contributed by atoms with Crippen molar-refractivity contribution in [3.05, 3.63) is 29.3 Å². The van der Waals surface area contributed by atoms with Gasteiger partial charge in [0.15, 0.2) is 6.10 Å². The minimum atomic E-state index is -0.832. The summed E-state index contributed by atoms with van der Waals surface area (Å²) < 4.78 is 5.14. The number of amides is 1. The molecule has 0 bridgehead atoms. The quantitative estimate of drug-likeness (QED) is 0.856. The van der Waals surface area contributed by atoms with Crippen LogP contribution in [0.1, 0.15) is 35.7 Å². The zero-order valence-electron chi connectivity index (χ0n) is 11.8. The molecule has 20 heavy (non-hydrogen) atoms. The lowest BCUT2D eigenvalue weighted by atomic mass is 10.1. The first kappa shape index (κ1) is 14.4. The molecule has 1 aromatic rings. The van der Waals surface area contributed by atoms with Gasteiger partial charge in [-0.1, -0.05) is 6.07 Å². The topological polar surface area (TPSA) is 66.8 Å². The number of hydrogen-bond donors (Lipinski definition) is 1. The first-order valence-corrected chi connectivity index (χ1v) is 6.78. The number of aryl methyl sites for hydroxylation is 1. The summed E-state index contributed by atoms with van der Waals surface area (Å²) in [6.45, 7) is 4.81. The number of aromatic hydroxyl groups is 1. The summed E-state index contributed by atoms with van der Waals surface area (Å²) in [7, 11) is 0. The monoisotopic (exact) mass is 277 g/mol. The van der Waals surface area contributed by atoms with Gasteiger partial charge in [0.2, 0.25) is 0 Å². The number of nitrogens with zero attached hydrogens (tertiary/aromatic N) is 1. The second kappa shape index (κ2) is 5.94. The Morgan fingerprint density at radius 1 is 1.30 bits per heavy atom. The van der Waals surface area contributed by atoms with Gasteiger partial charge in [0.05, 0.1) is 0 Å². The van der Waals surface area contributed by atoms with Gasteiger partial charge in [-0.3, -0.25) is 4.79 Å². The maximum atomic E-state index is 12.0. The van der Waals surface area contributed by atoms with Crippen LogP contribution in [0.5, 0.6) is 5.75 Å². The van der Waals surface area contributed by atoms with Crippen LogP contribution in [-0.4, -0.2) is 41.1 Å². The van der Waals surface area contributed by atoms with Crippen LogP contribution in [-0.2, 0) is 9.53 Å². The van der Waals surface area contributed by atoms with Crippen molar-refractivity contribution in [2.75, 3.05) is 13.1 Å². The predicted octanol–water partition coefficient (Wildman–Crippen LogP) is 1.87. The Bertz CT molecular complexity index is 521. The number of carbonyl (C=O) groups is 2. The Morgan fingerprint density at radius 3 is 2.55 bits per heavy atom. The summed E-state index contributed by atoms with van der Waals surface area (Å²) in [5.74, 6) is -0.985. The van der Waals surface area contributed by atoms with E-state index in [-0.39, 0.29) is 17.2 Å². The van der Waals surface area contributed by atoms with E-state index in [1.807, 2.05) is 6.92 Å². The maximum Gasteiger partial charge on any atom is 0.342 e. The highest BCUT2D eigenvalue weighted by Gasteiger charge is 2.26. The molecule has 2 rings (SSSR count). The fraction of sp³-hybridized carbons (Fsp3) is 0.467. The molecule has 108 valence electrons. The van der Waals surface area contributed by atoms with E-state index in [0.29, 0.717) is 0 Å². The molecule has 1 aliphatic rings. The second-order valence-corrected chi connectivity index (χ2v) is 5.10. The van der Waals surface area contributed by atoms with Crippen molar-refractivity contribution >= 4 is 11.9 Å². The average molecular weight is 277 g/mol. The summed E-state index contributed by atoms with van der Waals surface area (Å²) in [5, 5.41) is 9.73. The summed E-state index contributed by atoms with van der Waals surface area (Å²) in [4.78, 5) is 25.7. The molecule has 1 aliphatic heterocycles. The Balaban J connectivity index is 2.01. The SMILES string of the molecule is Cc1ccc(C(=O)OC(C)C(=O)N2CCCC2)c(O)c1. The molecule has 1 unspecified atom stereocenters. The summed E-state index contributed by atoms with van der Waals surface area (Å²) in [6.07, 6.45) is 1.15. The fourth-order valence-corrected chi connectivity index (χ4v) is 2.28. The molecule has 0 spiro atoms. The average Bonchev–Trinajstić information content (AvgIpc) is 2.91. The molecule has 0 saturated carbocycles. The molecular weight excluding hydrogens is 258 g/mol. The van der Waals surface area contributed by atoms with Gasteiger partial charge in [-0.25, -0.2) is 4.79 Å². The number of carbonyl (C=O) groups excluding carboxylic acids is 2. The Kier molecular flexibility index (Phi) is 4.27. The van der Waals surface area contributed by atoms with Crippen LogP contribution in [0.15, 0.2) is 18.2 Å². The van der Waals surface area contributed by atoms with Crippen LogP contribution in [0.2, 0.25) is 0 Å². The van der Waals surface area contributed by atoms with Crippen LogP contribution < -0.4 is 0 Å². The third-order valence-corrected chi connectivity index (χ3v) is 3.42. The smallest absolute Gasteiger partial charge is 0.342 e. The maximum absolute atomic E-state index is 12.0. The van der Waals surface area contributed by atoms with E-state index in [9.17, 15) is 14.7 Å². The van der Waals surface area contributed by atoms with Gasteiger partial charge in [-0.05, 0) is 44.4 Å². The van der Waals surface area contributed by atoms with Crippen LogP contribution in [0.4, 0.5) is 0 Å². The van der Waals surface area contributed by atoms with Crippen LogP contribution in [0.3, 0.4) is 0 Å². The van der Waals surface area contributed by atoms with Gasteiger partial charge in [0.1, 0.15) is 11.3 Å². The van der Waals surface area contributed by atoms with E-state index >= 15 is 0 Å². The van der Waals surface area contributed by atoms with Gasteiger partial charge in [-0.2, -0.15) is 0 Å². The van der Waals surface area contributed by atoms with E-state index in [1.54, 1.807) is 17.9 Å². The molecule has 5 nitrogen and oxygen atoms in total. The Morgan fingerprint density at radius 2 is 1.95 bits per heavy atom. The van der Waals surface area contributed by atoms with Gasteiger partial charge >= 0.3 is 5.97 Å². The lowest BCUT2D eigenvalue weighted by Crippen LogP contribution is -2.38. The molecule has 1 fully saturated rings. The van der Waals surface area contributed by atoms with Crippen molar-refractivity contribution in [3.63, 3.8) is 0 Å². The molecule has 0 aromatic heterocycles. The number of likely N-dealkylation sites (tertiary alicyclic amines) is 1. The van der Waals surface area contributed by atoms with Crippen LogP contribution in [0.25, 0.3) is 0 Å². The van der Waals surface area contributed by atoms with Crippen molar-refractivity contribution in [2.24, 2.45) is 0 Å². The molecule has 1 N–H and O–H groups in total. The van der Waals surface area contributed by atoms with Crippen molar-refractivity contribution in [2.45, 2.75) is 32.8 Å². The number of hydrogen-bond acceptors (Lipinski definition) is 4. The van der Waals surface area contributed by atoms with Crippen molar-refractivity contribution in [1.29, 1.82) is 0 Å². The van der Waals surface area contributed by atoms with Gasteiger partial charge in [0, 0.05) is 13.1 Å². The highest BCUT2D eigenvalue weighted by Crippen LogP contribution is 2.20. The first-order chi connectivity index (χ1) is 9.49. The minimum absolute atomic E-state index is 0.0803. The minimum Gasteiger partial charge on any atom is -0.507 e. The van der Waals surface area contributed by atoms with E-state index in [2.05, 4.69) is 0 Å². The molecule has 5 heteroatoms. The standard InChI is InChI=1S/C15H19NO4/c1-10-5-6-12(13(17)9-10)15(19)20-11(2)14(18)16-7-3-4-8-16/h5-6,9,11,17H,3-4,7-8H2,1-2H3. The molecule has 1 saturated heterocycles. The van der Waals surface area contributed by atoms with Gasteiger partial charge < -0.3 is 14.7 Å². The predicted molar refractivity (Wildman–Crippen MR) is 73.5 cm³/mol. The number of rotatable bonds is 3. The molecular formula is C15H19NO4. The Labute approximate surface area is 118 Å². The molecule has 0 radical (unpaired) electrons. The molecule has 0 aliphatic carbocycles. The molecule has 1 amide bonds. The van der Waals surface area contributed by atoms with Crippen molar-refractivity contribution in [1.82, 2.24) is 4.90 Å². The fourth-order valence-electron chi connectivity index (χ4n) is 2.28. The van der Waals surface area contributed by atoms with E-state index in [1.165, 1.54) is 12.1 Å². The highest BCUT2D eigenvalue weighted by atomic mass is 16.5. The Hall–Kier alpha value is -2.04. The van der Waals surface area contributed by atoms with Gasteiger partial charge in [0.25, 0.3) is 5.91 Å². The lowest BCUT2D eigenvalue weighted by molar-refractivity contribution is -0.138. The van der Waals surface area contributed by atoms with E-state index in [4.69, 9.17) is 4.74 Å². The zero-order chi connectivity index (χ0) is 14.7. The molecule has 1 heterocycles. The van der Waals surface area contributed by atoms with Crippen LogP contribution >= 0.6 is 0 Å². The second-order valence-electron chi connectivity index (χ2n) is 5.10. The highest BCUT2D eigenvalue weighted by molar-refractivity contribution is 5.94. The normalized spacial score (nSPS) is 16.0. The van der Waals surface area contributed by atoms with E-state index < -0.39 is 12.1 Å². The number of benzene rings is 1. The van der Waals surface area contributed by atoms with Crippen molar-refractivity contribution < 1.29 is 19.4 Å². The summed E-state index contributed by atoms with van der Waals surface area (Å²) >= 11 is 0. The third-order valence-electron chi connectivity index (χ3n) is 3.42. The van der Waals surface area contributed by atoms with Crippen molar-refractivity contribution in [3.8, 4) is 5.75 Å². The van der Waals surface area contributed by atoms with Gasteiger partial charge in [-0.15, -0.1) is 0 Å². The van der Waals surface area contributed by atoms with Crippen LogP contribution in [0, 0.1) is 6.92 Å². The lowest BCUT2D eigenvalue weighted by Gasteiger charge is -2.20. The summed E-state index contributed by atoms with van der Waals surface area (Å²) in [5.41, 5.74) is 0.928. The number of ether oxygens (including phenoxy) is 1. The zero-order valence-corrected chi connectivity index (χ0v) is 11.8. The third kappa shape index (κ3) is 3.10. The number of esters is 1. The molecule has 1 aromatic carbocycles. The first-order valence-electron chi connectivity index (χ1n) is 6.78. The largest absolute Gasteiger partial charge is 0.507 e. The molecule has 1 atom stereocenters. The number of phenols is 1.